The number of anilines is 1. The van der Waals surface area contributed by atoms with Crippen molar-refractivity contribution in [3.63, 3.8) is 0 Å². The molecule has 1 N–H and O–H groups in total. The van der Waals surface area contributed by atoms with E-state index in [1.165, 1.54) is 11.1 Å². The minimum absolute atomic E-state index is 0.0304. The van der Waals surface area contributed by atoms with Crippen LogP contribution in [0.4, 0.5) is 5.82 Å². The van der Waals surface area contributed by atoms with Crippen LogP contribution in [0.1, 0.15) is 41.9 Å². The zero-order chi connectivity index (χ0) is 32.6. The Bertz CT molecular complexity index is 2050. The number of rotatable bonds is 7. The molecule has 48 heavy (non-hydrogen) atoms. The lowest BCUT2D eigenvalue weighted by atomic mass is 9.96. The van der Waals surface area contributed by atoms with Crippen molar-refractivity contribution >= 4 is 51.0 Å². The van der Waals surface area contributed by atoms with E-state index in [1.54, 1.807) is 0 Å². The van der Waals surface area contributed by atoms with E-state index < -0.39 is 0 Å². The molecule has 2 aliphatic heterocycles. The van der Waals surface area contributed by atoms with E-state index in [9.17, 15) is 4.79 Å². The number of piperazine rings is 1. The Morgan fingerprint density at radius 1 is 0.729 bits per heavy atom. The third-order valence-corrected chi connectivity index (χ3v) is 10.4. The van der Waals surface area contributed by atoms with Gasteiger partial charge < -0.3 is 9.88 Å². The summed E-state index contributed by atoms with van der Waals surface area (Å²) in [6, 6.07) is 32.9. The smallest absolute Gasteiger partial charge is 0.326 e. The van der Waals surface area contributed by atoms with E-state index in [2.05, 4.69) is 62.1 Å². The molecule has 0 bridgehead atoms. The van der Waals surface area contributed by atoms with E-state index in [0.717, 1.165) is 95.7 Å². The number of nitrogens with one attached hydrogen (secondary N) is 1. The van der Waals surface area contributed by atoms with E-state index in [4.69, 9.17) is 33.2 Å². The van der Waals surface area contributed by atoms with E-state index in [1.807, 2.05) is 59.2 Å². The molecule has 0 aliphatic carbocycles. The van der Waals surface area contributed by atoms with Gasteiger partial charge in [0, 0.05) is 60.7 Å². The normalized spacial score (nSPS) is 16.8. The summed E-state index contributed by atoms with van der Waals surface area (Å²) >= 11 is 12.5. The maximum absolute atomic E-state index is 12.9. The zero-order valence-electron chi connectivity index (χ0n) is 26.6. The first-order valence-electron chi connectivity index (χ1n) is 16.7. The molecule has 6 aromatic rings. The number of hydrogen-bond acceptors (Lipinski definition) is 6. The molecule has 2 aromatic heterocycles. The molecule has 4 aromatic carbocycles. The number of piperidine rings is 1. The third kappa shape index (κ3) is 6.21. The molecule has 4 heterocycles. The van der Waals surface area contributed by atoms with E-state index in [-0.39, 0.29) is 17.8 Å². The average Bonchev–Trinajstić information content (AvgIpc) is 3.46. The van der Waals surface area contributed by atoms with Crippen molar-refractivity contribution < 1.29 is 0 Å². The van der Waals surface area contributed by atoms with Crippen molar-refractivity contribution in [2.75, 3.05) is 44.2 Å². The zero-order valence-corrected chi connectivity index (χ0v) is 28.1. The Kier molecular flexibility index (Phi) is 8.65. The topological polar surface area (TPSA) is 73.3 Å². The highest BCUT2D eigenvalue weighted by Gasteiger charge is 2.29. The quantitative estimate of drug-likeness (QED) is 0.191. The Hall–Kier alpha value is -4.21. The lowest BCUT2D eigenvalue weighted by molar-refractivity contribution is 0.103. The molecule has 0 unspecified atom stereocenters. The van der Waals surface area contributed by atoms with Gasteiger partial charge in [0.25, 0.3) is 0 Å². The second kappa shape index (κ2) is 13.4. The number of aromatic nitrogens is 4. The summed E-state index contributed by atoms with van der Waals surface area (Å²) in [6.45, 7) is 5.99. The van der Waals surface area contributed by atoms with Crippen LogP contribution in [-0.4, -0.2) is 68.6 Å². The minimum Gasteiger partial charge on any atom is -0.356 e. The molecule has 0 radical (unpaired) electrons. The second-order valence-electron chi connectivity index (χ2n) is 12.8. The summed E-state index contributed by atoms with van der Waals surface area (Å²) in [5.74, 6) is 1.84. The molecule has 2 saturated heterocycles. The molecule has 10 heteroatoms. The molecular formula is C38H37Cl2N7O. The fourth-order valence-electron chi connectivity index (χ4n) is 7.48. The second-order valence-corrected chi connectivity index (χ2v) is 13.7. The van der Waals surface area contributed by atoms with Gasteiger partial charge in [-0.1, -0.05) is 71.7 Å². The number of aromatic amines is 1. The van der Waals surface area contributed by atoms with E-state index >= 15 is 0 Å². The maximum Gasteiger partial charge on any atom is 0.326 e. The first-order chi connectivity index (χ1) is 23.5. The summed E-state index contributed by atoms with van der Waals surface area (Å²) in [5, 5.41) is 2.55. The third-order valence-electron chi connectivity index (χ3n) is 9.89. The Morgan fingerprint density at radius 2 is 1.35 bits per heavy atom. The number of nitrogens with zero attached hydrogens (tertiary/aromatic N) is 6. The molecule has 0 atom stereocenters. The summed E-state index contributed by atoms with van der Waals surface area (Å²) in [4.78, 5) is 33.5. The summed E-state index contributed by atoms with van der Waals surface area (Å²) in [7, 11) is 0. The highest BCUT2D eigenvalue weighted by Crippen LogP contribution is 2.33. The van der Waals surface area contributed by atoms with Crippen LogP contribution in [0.15, 0.2) is 102 Å². The molecular weight excluding hydrogens is 641 g/mol. The molecule has 2 aliphatic rings. The van der Waals surface area contributed by atoms with Crippen molar-refractivity contribution in [3.05, 3.63) is 135 Å². The van der Waals surface area contributed by atoms with Crippen LogP contribution in [0.25, 0.3) is 21.9 Å². The largest absolute Gasteiger partial charge is 0.356 e. The van der Waals surface area contributed by atoms with Gasteiger partial charge >= 0.3 is 5.69 Å². The van der Waals surface area contributed by atoms with Crippen molar-refractivity contribution in [1.82, 2.24) is 29.3 Å². The van der Waals surface area contributed by atoms with Crippen LogP contribution in [0.2, 0.25) is 10.0 Å². The summed E-state index contributed by atoms with van der Waals surface area (Å²) < 4.78 is 1.94. The summed E-state index contributed by atoms with van der Waals surface area (Å²) in [6.07, 6.45) is 1.75. The first kappa shape index (κ1) is 31.1. The van der Waals surface area contributed by atoms with Crippen LogP contribution in [0.5, 0.6) is 0 Å². The number of para-hydroxylation sites is 3. The first-order valence-corrected chi connectivity index (χ1v) is 17.4. The van der Waals surface area contributed by atoms with Gasteiger partial charge in [0.15, 0.2) is 0 Å². The number of imidazole rings is 1. The number of fused-ring (bicyclic) bond motifs is 2. The standard InChI is InChI=1S/C38H37Cl2N7O/c39-28-13-9-26(10-14-28)36(27-11-15-29(40)16-12-27)45-23-21-44(22-24-45)25-35-41-32-6-2-1-5-31(32)37(43-35)46-19-17-30(18-20-46)47-34-8-4-3-7-33(34)42-38(47)48/h1-16,30,36H,17-25H2,(H,42,48). The van der Waals surface area contributed by atoms with Crippen molar-refractivity contribution in [2.45, 2.75) is 31.5 Å². The van der Waals surface area contributed by atoms with Gasteiger partial charge in [0.2, 0.25) is 0 Å². The van der Waals surface area contributed by atoms with Crippen LogP contribution >= 0.6 is 23.2 Å². The lowest BCUT2D eigenvalue weighted by Crippen LogP contribution is -2.47. The van der Waals surface area contributed by atoms with Crippen molar-refractivity contribution in [1.29, 1.82) is 0 Å². The Balaban J connectivity index is 0.986. The van der Waals surface area contributed by atoms with Crippen LogP contribution in [-0.2, 0) is 6.54 Å². The van der Waals surface area contributed by atoms with Gasteiger partial charge in [-0.25, -0.2) is 14.8 Å². The lowest BCUT2D eigenvalue weighted by Gasteiger charge is -2.39. The molecule has 8 rings (SSSR count). The number of hydrogen-bond donors (Lipinski definition) is 1. The predicted octanol–water partition coefficient (Wildman–Crippen LogP) is 7.33. The Morgan fingerprint density at radius 3 is 2.04 bits per heavy atom. The monoisotopic (exact) mass is 677 g/mol. The highest BCUT2D eigenvalue weighted by molar-refractivity contribution is 6.30. The fourth-order valence-corrected chi connectivity index (χ4v) is 7.73. The molecule has 8 nitrogen and oxygen atoms in total. The number of H-pyrrole nitrogens is 1. The molecule has 0 amide bonds. The molecule has 244 valence electrons. The fraction of sp³-hybridized carbons (Fsp3) is 0.289. The number of benzene rings is 4. The van der Waals surface area contributed by atoms with Crippen LogP contribution < -0.4 is 10.6 Å². The van der Waals surface area contributed by atoms with Gasteiger partial charge in [-0.15, -0.1) is 0 Å². The SMILES string of the molecule is O=c1[nH]c2ccccc2n1C1CCN(c2nc(CN3CCN(C(c4ccc(Cl)cc4)c4ccc(Cl)cc4)CC3)nc3ccccc23)CC1. The predicted molar refractivity (Wildman–Crippen MR) is 194 cm³/mol. The van der Waals surface area contributed by atoms with Gasteiger partial charge in [-0.05, 0) is 72.5 Å². The van der Waals surface area contributed by atoms with E-state index in [0.29, 0.717) is 6.54 Å². The van der Waals surface area contributed by atoms with Crippen LogP contribution in [0.3, 0.4) is 0 Å². The molecule has 0 saturated carbocycles. The Labute approximate surface area is 289 Å². The average molecular weight is 679 g/mol. The van der Waals surface area contributed by atoms with Gasteiger partial charge in [-0.3, -0.25) is 14.4 Å². The van der Waals surface area contributed by atoms with Gasteiger partial charge in [0.1, 0.15) is 11.6 Å². The maximum atomic E-state index is 12.9. The summed E-state index contributed by atoms with van der Waals surface area (Å²) in [5.41, 5.74) is 5.24. The van der Waals surface area contributed by atoms with Crippen molar-refractivity contribution in [2.24, 2.45) is 0 Å². The van der Waals surface area contributed by atoms with Crippen molar-refractivity contribution in [3.8, 4) is 0 Å². The molecule has 2 fully saturated rings. The molecule has 0 spiro atoms. The number of halogens is 2. The highest BCUT2D eigenvalue weighted by atomic mass is 35.5. The van der Waals surface area contributed by atoms with Crippen LogP contribution in [0, 0.1) is 0 Å². The van der Waals surface area contributed by atoms with Gasteiger partial charge in [0.05, 0.1) is 29.1 Å². The van der Waals surface area contributed by atoms with Gasteiger partial charge in [-0.2, -0.15) is 0 Å². The minimum atomic E-state index is -0.0304.